The predicted octanol–water partition coefficient (Wildman–Crippen LogP) is 6.25. The van der Waals surface area contributed by atoms with Crippen molar-refractivity contribution in [2.75, 3.05) is 13.1 Å². The van der Waals surface area contributed by atoms with Crippen LogP contribution < -0.4 is 14.8 Å². The molecular formula is C29H27ClFN5O4S. The number of benzene rings is 2. The summed E-state index contributed by atoms with van der Waals surface area (Å²) in [5, 5.41) is 18.2. The molecule has 1 aliphatic rings. The monoisotopic (exact) mass is 595 g/mol. The number of rotatable bonds is 8. The first-order valence-corrected chi connectivity index (χ1v) is 14.3. The summed E-state index contributed by atoms with van der Waals surface area (Å²) >= 11 is 7.69. The number of aryl methyl sites for hydroxylation is 1. The van der Waals surface area contributed by atoms with Crippen molar-refractivity contribution in [3.8, 4) is 27.6 Å². The maximum absolute atomic E-state index is 14.7. The van der Waals surface area contributed by atoms with Gasteiger partial charge in [0.1, 0.15) is 29.3 Å². The number of hydrogen-bond acceptors (Lipinski definition) is 7. The van der Waals surface area contributed by atoms with E-state index in [-0.39, 0.29) is 27.5 Å². The standard InChI is InChI=1S/C29H27ClFN5O4S/c1-16(20-4-5-21(31)27(26(20)30)40-19-7-9-32-10-8-19)39-24-12-25(41-28(24)29(37)38)36-15-33-22-11-17(3-6-23(22)36)18-13-34-35(2)14-18/h3-6,11-16,19,32H,7-10H2,1-2H3,(H,37,38)/t16-/m1/s1. The Balaban J connectivity index is 1.28. The molecule has 212 valence electrons. The largest absolute Gasteiger partial charge is 0.486 e. The number of nitrogens with zero attached hydrogens (tertiary/aromatic N) is 4. The van der Waals surface area contributed by atoms with E-state index >= 15 is 0 Å². The van der Waals surface area contributed by atoms with E-state index in [4.69, 9.17) is 21.1 Å². The Bertz CT molecular complexity index is 1740. The molecule has 0 radical (unpaired) electrons. The van der Waals surface area contributed by atoms with Gasteiger partial charge in [0.25, 0.3) is 0 Å². The molecule has 0 bridgehead atoms. The van der Waals surface area contributed by atoms with Crippen LogP contribution in [0.15, 0.2) is 55.1 Å². The fraction of sp³-hybridized carbons (Fsp3) is 0.276. The maximum atomic E-state index is 14.7. The molecule has 0 unspecified atom stereocenters. The summed E-state index contributed by atoms with van der Waals surface area (Å²) in [5.74, 6) is -1.49. The number of carboxylic acid groups (broad SMARTS) is 1. The molecule has 2 aromatic carbocycles. The highest BCUT2D eigenvalue weighted by Crippen LogP contribution is 2.40. The molecule has 1 saturated heterocycles. The molecule has 1 aliphatic heterocycles. The summed E-state index contributed by atoms with van der Waals surface area (Å²) in [6.45, 7) is 3.32. The Kier molecular flexibility index (Phi) is 7.41. The summed E-state index contributed by atoms with van der Waals surface area (Å²) in [4.78, 5) is 16.7. The minimum atomic E-state index is -1.12. The molecule has 0 spiro atoms. The van der Waals surface area contributed by atoms with E-state index < -0.39 is 17.9 Å². The van der Waals surface area contributed by atoms with Gasteiger partial charge in [-0.3, -0.25) is 9.25 Å². The highest BCUT2D eigenvalue weighted by molar-refractivity contribution is 7.16. The molecule has 5 aromatic rings. The molecule has 6 rings (SSSR count). The van der Waals surface area contributed by atoms with E-state index in [2.05, 4.69) is 15.4 Å². The fourth-order valence-corrected chi connectivity index (χ4v) is 6.22. The van der Waals surface area contributed by atoms with Gasteiger partial charge in [0.15, 0.2) is 16.4 Å². The van der Waals surface area contributed by atoms with E-state index in [0.717, 1.165) is 59.4 Å². The van der Waals surface area contributed by atoms with Crippen molar-refractivity contribution in [3.63, 3.8) is 0 Å². The lowest BCUT2D eigenvalue weighted by molar-refractivity contribution is 0.0695. The van der Waals surface area contributed by atoms with Gasteiger partial charge < -0.3 is 19.9 Å². The topological polar surface area (TPSA) is 103 Å². The molecule has 3 aromatic heterocycles. The number of piperidine rings is 1. The number of aromatic carboxylic acids is 1. The van der Waals surface area contributed by atoms with Gasteiger partial charge >= 0.3 is 5.97 Å². The third-order valence-corrected chi connectivity index (χ3v) is 8.59. The Morgan fingerprint density at radius 1 is 1.22 bits per heavy atom. The molecular weight excluding hydrogens is 569 g/mol. The van der Waals surface area contributed by atoms with Crippen LogP contribution in [0.2, 0.25) is 5.02 Å². The molecule has 0 aliphatic carbocycles. The number of carboxylic acids is 1. The van der Waals surface area contributed by atoms with Gasteiger partial charge in [-0.2, -0.15) is 5.10 Å². The van der Waals surface area contributed by atoms with Gasteiger partial charge in [-0.15, -0.1) is 11.3 Å². The molecule has 0 amide bonds. The van der Waals surface area contributed by atoms with Crippen molar-refractivity contribution in [3.05, 3.63) is 76.4 Å². The minimum absolute atomic E-state index is 0.00785. The zero-order valence-corrected chi connectivity index (χ0v) is 23.9. The Morgan fingerprint density at radius 2 is 2.02 bits per heavy atom. The normalized spacial score (nSPS) is 14.8. The van der Waals surface area contributed by atoms with Crippen molar-refractivity contribution in [2.45, 2.75) is 32.0 Å². The number of halogens is 2. The highest BCUT2D eigenvalue weighted by Gasteiger charge is 2.25. The maximum Gasteiger partial charge on any atom is 0.349 e. The first-order chi connectivity index (χ1) is 19.8. The summed E-state index contributed by atoms with van der Waals surface area (Å²) in [6.07, 6.45) is 6.05. The van der Waals surface area contributed by atoms with E-state index in [1.54, 1.807) is 30.2 Å². The summed E-state index contributed by atoms with van der Waals surface area (Å²) in [7, 11) is 1.86. The highest BCUT2D eigenvalue weighted by atomic mass is 35.5. The second kappa shape index (κ2) is 11.2. The van der Waals surface area contributed by atoms with E-state index in [1.807, 2.05) is 36.0 Å². The predicted molar refractivity (Wildman–Crippen MR) is 155 cm³/mol. The molecule has 9 nitrogen and oxygen atoms in total. The van der Waals surface area contributed by atoms with Gasteiger partial charge in [0, 0.05) is 30.4 Å². The zero-order chi connectivity index (χ0) is 28.7. The lowest BCUT2D eigenvalue weighted by Gasteiger charge is -2.25. The van der Waals surface area contributed by atoms with Crippen molar-refractivity contribution in [1.82, 2.24) is 24.6 Å². The molecule has 1 atom stereocenters. The summed E-state index contributed by atoms with van der Waals surface area (Å²) in [6, 6.07) is 10.4. The fourth-order valence-electron chi connectivity index (χ4n) is 4.96. The number of ether oxygens (including phenoxy) is 2. The Hall–Kier alpha value is -3.93. The number of thiophene rings is 1. The number of fused-ring (bicyclic) bond motifs is 1. The van der Waals surface area contributed by atoms with Crippen LogP contribution >= 0.6 is 22.9 Å². The van der Waals surface area contributed by atoms with Crippen molar-refractivity contribution in [2.24, 2.45) is 7.05 Å². The minimum Gasteiger partial charge on any atom is -0.486 e. The van der Waals surface area contributed by atoms with Crippen molar-refractivity contribution in [1.29, 1.82) is 0 Å². The van der Waals surface area contributed by atoms with Gasteiger partial charge in [-0.1, -0.05) is 23.7 Å². The van der Waals surface area contributed by atoms with Crippen LogP contribution in [-0.4, -0.2) is 49.6 Å². The molecule has 2 N–H and O–H groups in total. The number of nitrogens with one attached hydrogen (secondary N) is 1. The van der Waals surface area contributed by atoms with Crippen LogP contribution in [0.1, 0.15) is 41.1 Å². The number of aromatic nitrogens is 4. The van der Waals surface area contributed by atoms with Crippen LogP contribution in [-0.2, 0) is 7.05 Å². The van der Waals surface area contributed by atoms with Gasteiger partial charge in [-0.05, 0) is 56.6 Å². The van der Waals surface area contributed by atoms with E-state index in [0.29, 0.717) is 10.6 Å². The average molecular weight is 596 g/mol. The van der Waals surface area contributed by atoms with Crippen LogP contribution in [0.4, 0.5) is 4.39 Å². The Labute approximate surface area is 244 Å². The molecule has 41 heavy (non-hydrogen) atoms. The second-order valence-electron chi connectivity index (χ2n) is 9.91. The van der Waals surface area contributed by atoms with Crippen LogP contribution in [0.25, 0.3) is 27.2 Å². The SMILES string of the molecule is C[C@@H](Oc1cc(-n2cnc3cc(-c4cnn(C)c4)ccc32)sc1C(=O)O)c1ccc(F)c(OC2CCNCC2)c1Cl. The quantitative estimate of drug-likeness (QED) is 0.219. The lowest BCUT2D eigenvalue weighted by atomic mass is 10.1. The molecule has 1 fully saturated rings. The van der Waals surface area contributed by atoms with E-state index in [9.17, 15) is 14.3 Å². The van der Waals surface area contributed by atoms with Gasteiger partial charge in [-0.25, -0.2) is 14.2 Å². The molecule has 4 heterocycles. The summed E-state index contributed by atoms with van der Waals surface area (Å²) < 4.78 is 30.3. The summed E-state index contributed by atoms with van der Waals surface area (Å²) in [5.41, 5.74) is 4.02. The average Bonchev–Trinajstić information content (AvgIpc) is 3.69. The third kappa shape index (κ3) is 5.40. The van der Waals surface area contributed by atoms with Crippen molar-refractivity contribution >= 4 is 39.9 Å². The smallest absolute Gasteiger partial charge is 0.349 e. The lowest BCUT2D eigenvalue weighted by Crippen LogP contribution is -2.34. The van der Waals surface area contributed by atoms with Crippen LogP contribution in [0.3, 0.4) is 0 Å². The molecule has 12 heteroatoms. The first kappa shape index (κ1) is 27.3. The van der Waals surface area contributed by atoms with Crippen LogP contribution in [0, 0.1) is 5.82 Å². The van der Waals surface area contributed by atoms with Gasteiger partial charge in [0.2, 0.25) is 0 Å². The Morgan fingerprint density at radius 3 is 2.76 bits per heavy atom. The van der Waals surface area contributed by atoms with Crippen LogP contribution in [0.5, 0.6) is 11.5 Å². The number of imidazole rings is 1. The number of hydrogen-bond donors (Lipinski definition) is 2. The zero-order valence-electron chi connectivity index (χ0n) is 22.3. The third-order valence-electron chi connectivity index (χ3n) is 7.09. The second-order valence-corrected chi connectivity index (χ2v) is 11.3. The van der Waals surface area contributed by atoms with Gasteiger partial charge in [0.05, 0.1) is 22.3 Å². The van der Waals surface area contributed by atoms with Crippen molar-refractivity contribution < 1.29 is 23.8 Å². The molecule has 0 saturated carbocycles. The number of carbonyl (C=O) groups is 1. The first-order valence-electron chi connectivity index (χ1n) is 13.1. The van der Waals surface area contributed by atoms with E-state index in [1.165, 1.54) is 12.1 Å².